The maximum Gasteiger partial charge on any atom is 0.573 e. The van der Waals surface area contributed by atoms with E-state index in [-0.39, 0.29) is 17.9 Å². The van der Waals surface area contributed by atoms with Crippen LogP contribution in [-0.4, -0.2) is 37.4 Å². The molecule has 1 aliphatic rings. The van der Waals surface area contributed by atoms with Gasteiger partial charge in [0, 0.05) is 38.3 Å². The topological polar surface area (TPSA) is 24.5 Å². The molecule has 0 atom stereocenters. The average molecular weight is 278 g/mol. The van der Waals surface area contributed by atoms with Crippen molar-refractivity contribution in [1.29, 1.82) is 0 Å². The van der Waals surface area contributed by atoms with Crippen molar-refractivity contribution < 1.29 is 22.3 Å². The lowest BCUT2D eigenvalue weighted by molar-refractivity contribution is -0.274. The number of benzene rings is 1. The lowest BCUT2D eigenvalue weighted by atomic mass is 10.1. The molecular weight excluding hydrogens is 264 g/mol. The van der Waals surface area contributed by atoms with Crippen LogP contribution in [-0.2, 0) is 6.54 Å². The van der Waals surface area contributed by atoms with Gasteiger partial charge in [-0.2, -0.15) is 0 Å². The highest BCUT2D eigenvalue weighted by molar-refractivity contribution is 5.30. The van der Waals surface area contributed by atoms with Crippen LogP contribution < -0.4 is 10.1 Å². The van der Waals surface area contributed by atoms with Gasteiger partial charge in [0.1, 0.15) is 11.6 Å². The van der Waals surface area contributed by atoms with Crippen molar-refractivity contribution in [2.24, 2.45) is 0 Å². The molecule has 0 bridgehead atoms. The molecule has 1 aromatic rings. The summed E-state index contributed by atoms with van der Waals surface area (Å²) in [7, 11) is 0. The van der Waals surface area contributed by atoms with Crippen molar-refractivity contribution in [3.8, 4) is 5.75 Å². The zero-order valence-electron chi connectivity index (χ0n) is 10.1. The van der Waals surface area contributed by atoms with E-state index in [2.05, 4.69) is 10.1 Å². The van der Waals surface area contributed by atoms with Crippen LogP contribution in [0.5, 0.6) is 5.75 Å². The summed E-state index contributed by atoms with van der Waals surface area (Å²) in [6.07, 6.45) is -4.76. The minimum absolute atomic E-state index is 0.212. The Morgan fingerprint density at radius 3 is 2.53 bits per heavy atom. The SMILES string of the molecule is Fc1ccc(OC(F)(F)F)cc1CN1CCNCC1. The Kier molecular flexibility index (Phi) is 4.26. The first-order valence-corrected chi connectivity index (χ1v) is 5.91. The Bertz CT molecular complexity index is 430. The van der Waals surface area contributed by atoms with E-state index in [1.807, 2.05) is 4.90 Å². The van der Waals surface area contributed by atoms with E-state index >= 15 is 0 Å². The molecule has 19 heavy (non-hydrogen) atoms. The van der Waals surface area contributed by atoms with E-state index in [0.29, 0.717) is 0 Å². The van der Waals surface area contributed by atoms with Crippen LogP contribution in [0.15, 0.2) is 18.2 Å². The van der Waals surface area contributed by atoms with E-state index in [4.69, 9.17) is 0 Å². The molecule has 0 spiro atoms. The van der Waals surface area contributed by atoms with Gasteiger partial charge >= 0.3 is 6.36 Å². The molecular formula is C12H14F4N2O. The van der Waals surface area contributed by atoms with Gasteiger partial charge in [-0.25, -0.2) is 4.39 Å². The number of nitrogens with one attached hydrogen (secondary N) is 1. The third kappa shape index (κ3) is 4.36. The minimum Gasteiger partial charge on any atom is -0.406 e. The first-order valence-electron chi connectivity index (χ1n) is 5.91. The fourth-order valence-electron chi connectivity index (χ4n) is 1.98. The molecule has 7 heteroatoms. The van der Waals surface area contributed by atoms with E-state index < -0.39 is 12.2 Å². The van der Waals surface area contributed by atoms with Gasteiger partial charge in [-0.3, -0.25) is 4.90 Å². The molecule has 0 unspecified atom stereocenters. The Morgan fingerprint density at radius 1 is 1.21 bits per heavy atom. The fraction of sp³-hybridized carbons (Fsp3) is 0.500. The first kappa shape index (κ1) is 14.1. The van der Waals surface area contributed by atoms with E-state index in [1.54, 1.807) is 0 Å². The van der Waals surface area contributed by atoms with Crippen molar-refractivity contribution in [2.75, 3.05) is 26.2 Å². The van der Waals surface area contributed by atoms with Crippen molar-refractivity contribution in [1.82, 2.24) is 10.2 Å². The maximum absolute atomic E-state index is 13.6. The van der Waals surface area contributed by atoms with Crippen LogP contribution in [0.3, 0.4) is 0 Å². The molecule has 1 aliphatic heterocycles. The van der Waals surface area contributed by atoms with Gasteiger partial charge in [-0.1, -0.05) is 0 Å². The Hall–Kier alpha value is -1.34. The zero-order chi connectivity index (χ0) is 13.9. The zero-order valence-corrected chi connectivity index (χ0v) is 10.1. The lowest BCUT2D eigenvalue weighted by Crippen LogP contribution is -2.43. The number of hydrogen-bond acceptors (Lipinski definition) is 3. The van der Waals surface area contributed by atoms with Gasteiger partial charge in [0.15, 0.2) is 0 Å². The molecule has 0 saturated carbocycles. The molecule has 3 nitrogen and oxygen atoms in total. The van der Waals surface area contributed by atoms with Crippen LogP contribution in [0.2, 0.25) is 0 Å². The predicted molar refractivity (Wildman–Crippen MR) is 61.2 cm³/mol. The largest absolute Gasteiger partial charge is 0.573 e. The molecule has 1 aromatic carbocycles. The summed E-state index contributed by atoms with van der Waals surface area (Å²) in [4.78, 5) is 1.98. The summed E-state index contributed by atoms with van der Waals surface area (Å²) in [5.74, 6) is -0.910. The van der Waals surface area contributed by atoms with Gasteiger partial charge < -0.3 is 10.1 Å². The second kappa shape index (κ2) is 5.75. The number of rotatable bonds is 3. The third-order valence-electron chi connectivity index (χ3n) is 2.85. The van der Waals surface area contributed by atoms with Gasteiger partial charge in [0.2, 0.25) is 0 Å². The molecule has 106 valence electrons. The predicted octanol–water partition coefficient (Wildman–Crippen LogP) is 2.13. The molecule has 0 amide bonds. The second-order valence-corrected chi connectivity index (χ2v) is 4.33. The first-order chi connectivity index (χ1) is 8.94. The standard InChI is InChI=1S/C12H14F4N2O/c13-11-2-1-10(19-12(14,15)16)7-9(11)8-18-5-3-17-4-6-18/h1-2,7,17H,3-6,8H2. The van der Waals surface area contributed by atoms with Crippen LogP contribution in [0.4, 0.5) is 17.6 Å². The summed E-state index contributed by atoms with van der Waals surface area (Å²) < 4.78 is 53.7. The summed E-state index contributed by atoms with van der Waals surface area (Å²) in [5, 5.41) is 3.15. The van der Waals surface area contributed by atoms with Crippen LogP contribution in [0, 0.1) is 5.82 Å². The maximum atomic E-state index is 13.6. The number of hydrogen-bond donors (Lipinski definition) is 1. The number of halogens is 4. The third-order valence-corrected chi connectivity index (χ3v) is 2.85. The molecule has 0 aromatic heterocycles. The molecule has 1 N–H and O–H groups in total. The summed E-state index contributed by atoms with van der Waals surface area (Å²) >= 11 is 0. The number of ether oxygens (including phenoxy) is 1. The molecule has 0 radical (unpaired) electrons. The number of alkyl halides is 3. The van der Waals surface area contributed by atoms with Gasteiger partial charge in [0.25, 0.3) is 0 Å². The Labute approximate surface area is 108 Å². The summed E-state index contributed by atoms with van der Waals surface area (Å²) in [6.45, 7) is 3.34. The van der Waals surface area contributed by atoms with E-state index in [1.165, 1.54) is 0 Å². The van der Waals surface area contributed by atoms with Crippen LogP contribution in [0.25, 0.3) is 0 Å². The fourth-order valence-corrected chi connectivity index (χ4v) is 1.98. The molecule has 1 saturated heterocycles. The summed E-state index contributed by atoms with van der Waals surface area (Å²) in [6, 6.07) is 3.08. The van der Waals surface area contributed by atoms with Gasteiger partial charge in [0.05, 0.1) is 0 Å². The average Bonchev–Trinajstić information content (AvgIpc) is 2.33. The quantitative estimate of drug-likeness (QED) is 0.857. The number of piperazine rings is 1. The Balaban J connectivity index is 2.08. The van der Waals surface area contributed by atoms with Gasteiger partial charge in [-0.15, -0.1) is 13.2 Å². The molecule has 0 aliphatic carbocycles. The van der Waals surface area contributed by atoms with Gasteiger partial charge in [-0.05, 0) is 18.2 Å². The highest BCUT2D eigenvalue weighted by Crippen LogP contribution is 2.25. The van der Waals surface area contributed by atoms with Crippen molar-refractivity contribution in [2.45, 2.75) is 12.9 Å². The molecule has 1 fully saturated rings. The van der Waals surface area contributed by atoms with Crippen LogP contribution in [0.1, 0.15) is 5.56 Å². The lowest BCUT2D eigenvalue weighted by Gasteiger charge is -2.27. The van der Waals surface area contributed by atoms with E-state index in [9.17, 15) is 17.6 Å². The van der Waals surface area contributed by atoms with Crippen molar-refractivity contribution >= 4 is 0 Å². The highest BCUT2D eigenvalue weighted by Gasteiger charge is 2.31. The van der Waals surface area contributed by atoms with E-state index in [0.717, 1.165) is 44.4 Å². The minimum atomic E-state index is -4.76. The Morgan fingerprint density at radius 2 is 1.89 bits per heavy atom. The monoisotopic (exact) mass is 278 g/mol. The van der Waals surface area contributed by atoms with Crippen molar-refractivity contribution in [3.63, 3.8) is 0 Å². The molecule has 2 rings (SSSR count). The smallest absolute Gasteiger partial charge is 0.406 e. The second-order valence-electron chi connectivity index (χ2n) is 4.33. The van der Waals surface area contributed by atoms with Crippen LogP contribution >= 0.6 is 0 Å². The normalized spacial score (nSPS) is 17.5. The summed E-state index contributed by atoms with van der Waals surface area (Å²) in [5.41, 5.74) is 0.212. The van der Waals surface area contributed by atoms with Crippen molar-refractivity contribution in [3.05, 3.63) is 29.6 Å². The highest BCUT2D eigenvalue weighted by atomic mass is 19.4. The molecule has 1 heterocycles. The number of nitrogens with zero attached hydrogens (tertiary/aromatic N) is 1.